The summed E-state index contributed by atoms with van der Waals surface area (Å²) in [5.41, 5.74) is 6.95. The molecule has 1 unspecified atom stereocenters. The first-order chi connectivity index (χ1) is 5.27. The minimum Gasteiger partial charge on any atom is -0.369 e. The first-order valence-electron chi connectivity index (χ1n) is 4.07. The van der Waals surface area contributed by atoms with Crippen LogP contribution in [0, 0.1) is 5.92 Å². The van der Waals surface area contributed by atoms with E-state index in [4.69, 9.17) is 5.73 Å². The zero-order valence-corrected chi connectivity index (χ0v) is 6.75. The third kappa shape index (κ3) is 1.00. The third-order valence-electron chi connectivity index (χ3n) is 2.37. The van der Waals surface area contributed by atoms with E-state index in [0.717, 1.165) is 18.9 Å². The Balaban J connectivity index is 2.36. The molecule has 2 rings (SSSR count). The summed E-state index contributed by atoms with van der Waals surface area (Å²) in [6, 6.07) is 0. The summed E-state index contributed by atoms with van der Waals surface area (Å²) in [6.45, 7) is 3.31. The molecule has 0 spiro atoms. The van der Waals surface area contributed by atoms with Gasteiger partial charge in [0, 0.05) is 12.2 Å². The molecule has 1 aliphatic heterocycles. The van der Waals surface area contributed by atoms with Crippen molar-refractivity contribution >= 4 is 5.95 Å². The number of anilines is 1. The highest BCUT2D eigenvalue weighted by Crippen LogP contribution is 2.21. The van der Waals surface area contributed by atoms with E-state index in [0.29, 0.717) is 5.95 Å². The summed E-state index contributed by atoms with van der Waals surface area (Å²) in [5, 5.41) is 0. The Hall–Kier alpha value is -0.990. The van der Waals surface area contributed by atoms with Gasteiger partial charge >= 0.3 is 0 Å². The second-order valence-corrected chi connectivity index (χ2v) is 3.36. The van der Waals surface area contributed by atoms with Gasteiger partial charge in [-0.3, -0.25) is 0 Å². The molecule has 0 aliphatic carbocycles. The molecule has 1 aromatic heterocycles. The van der Waals surface area contributed by atoms with Crippen molar-refractivity contribution in [2.45, 2.75) is 26.3 Å². The van der Waals surface area contributed by atoms with Crippen molar-refractivity contribution in [3.63, 3.8) is 0 Å². The van der Waals surface area contributed by atoms with Gasteiger partial charge in [-0.25, -0.2) is 4.98 Å². The first kappa shape index (κ1) is 6.70. The van der Waals surface area contributed by atoms with Crippen molar-refractivity contribution in [2.75, 3.05) is 5.73 Å². The number of imidazole rings is 1. The van der Waals surface area contributed by atoms with Gasteiger partial charge in [0.25, 0.3) is 0 Å². The van der Waals surface area contributed by atoms with Gasteiger partial charge in [-0.05, 0) is 18.8 Å². The van der Waals surface area contributed by atoms with Gasteiger partial charge in [-0.1, -0.05) is 6.92 Å². The predicted molar refractivity (Wildman–Crippen MR) is 44.1 cm³/mol. The molecule has 0 saturated heterocycles. The molecule has 11 heavy (non-hydrogen) atoms. The fraction of sp³-hybridized carbons (Fsp3) is 0.625. The van der Waals surface area contributed by atoms with Crippen LogP contribution in [0.1, 0.15) is 19.0 Å². The molecule has 1 atom stereocenters. The Morgan fingerprint density at radius 1 is 1.73 bits per heavy atom. The molecular weight excluding hydrogens is 138 g/mol. The second kappa shape index (κ2) is 2.26. The van der Waals surface area contributed by atoms with E-state index in [-0.39, 0.29) is 0 Å². The molecule has 0 aromatic carbocycles. The fourth-order valence-electron chi connectivity index (χ4n) is 1.66. The average Bonchev–Trinajstić information content (AvgIpc) is 2.32. The number of nitrogens with zero attached hydrogens (tertiary/aromatic N) is 2. The van der Waals surface area contributed by atoms with E-state index in [1.165, 1.54) is 12.1 Å². The highest BCUT2D eigenvalue weighted by atomic mass is 15.2. The summed E-state index contributed by atoms with van der Waals surface area (Å²) in [5.74, 6) is 1.46. The molecule has 1 aliphatic rings. The van der Waals surface area contributed by atoms with Crippen LogP contribution in [-0.4, -0.2) is 9.55 Å². The van der Waals surface area contributed by atoms with E-state index in [9.17, 15) is 0 Å². The van der Waals surface area contributed by atoms with Crippen molar-refractivity contribution in [1.29, 1.82) is 0 Å². The number of hydrogen-bond acceptors (Lipinski definition) is 2. The maximum Gasteiger partial charge on any atom is 0.200 e. The van der Waals surface area contributed by atoms with Crippen molar-refractivity contribution in [2.24, 2.45) is 5.92 Å². The molecular formula is C8H13N3. The minimum atomic E-state index is 0.673. The lowest BCUT2D eigenvalue weighted by Crippen LogP contribution is -2.17. The normalized spacial score (nSPS) is 23.2. The number of fused-ring (bicyclic) bond motifs is 1. The average molecular weight is 151 g/mol. The van der Waals surface area contributed by atoms with Gasteiger partial charge in [-0.15, -0.1) is 0 Å². The summed E-state index contributed by atoms with van der Waals surface area (Å²) in [6.07, 6.45) is 4.25. The number of nitrogens with two attached hydrogens (primary N) is 1. The van der Waals surface area contributed by atoms with Gasteiger partial charge in [0.05, 0.1) is 6.20 Å². The van der Waals surface area contributed by atoms with E-state index < -0.39 is 0 Å². The Bertz CT molecular complexity index is 264. The van der Waals surface area contributed by atoms with Crippen molar-refractivity contribution in [1.82, 2.24) is 9.55 Å². The third-order valence-corrected chi connectivity index (χ3v) is 2.37. The van der Waals surface area contributed by atoms with Gasteiger partial charge < -0.3 is 10.3 Å². The second-order valence-electron chi connectivity index (χ2n) is 3.36. The zero-order chi connectivity index (χ0) is 7.84. The van der Waals surface area contributed by atoms with Crippen LogP contribution in [0.2, 0.25) is 0 Å². The van der Waals surface area contributed by atoms with E-state index >= 15 is 0 Å². The van der Waals surface area contributed by atoms with Crippen LogP contribution in [0.5, 0.6) is 0 Å². The fourth-order valence-corrected chi connectivity index (χ4v) is 1.66. The largest absolute Gasteiger partial charge is 0.369 e. The smallest absolute Gasteiger partial charge is 0.200 e. The standard InChI is InChI=1S/C8H13N3/c1-6-2-3-11-7(4-6)5-10-8(11)9/h5-6H,2-4H2,1H3,(H2,9,10). The maximum absolute atomic E-state index is 5.66. The Morgan fingerprint density at radius 2 is 2.55 bits per heavy atom. The first-order valence-corrected chi connectivity index (χ1v) is 4.07. The minimum absolute atomic E-state index is 0.673. The maximum atomic E-state index is 5.66. The van der Waals surface area contributed by atoms with Crippen LogP contribution in [0.15, 0.2) is 6.20 Å². The van der Waals surface area contributed by atoms with Crippen molar-refractivity contribution in [3.05, 3.63) is 11.9 Å². The number of rotatable bonds is 0. The number of aromatic nitrogens is 2. The summed E-state index contributed by atoms with van der Waals surface area (Å²) in [7, 11) is 0. The Morgan fingerprint density at radius 3 is 3.36 bits per heavy atom. The monoisotopic (exact) mass is 151 g/mol. The molecule has 0 bridgehead atoms. The Labute approximate surface area is 66.2 Å². The summed E-state index contributed by atoms with van der Waals surface area (Å²) in [4.78, 5) is 4.07. The molecule has 0 amide bonds. The van der Waals surface area contributed by atoms with Crippen LogP contribution in [0.4, 0.5) is 5.95 Å². The zero-order valence-electron chi connectivity index (χ0n) is 6.75. The molecule has 60 valence electrons. The summed E-state index contributed by atoms with van der Waals surface area (Å²) >= 11 is 0. The van der Waals surface area contributed by atoms with Gasteiger partial charge in [0.1, 0.15) is 0 Å². The highest BCUT2D eigenvalue weighted by Gasteiger charge is 2.16. The quantitative estimate of drug-likeness (QED) is 0.602. The Kier molecular flexibility index (Phi) is 1.37. The molecule has 2 heterocycles. The van der Waals surface area contributed by atoms with E-state index in [1.54, 1.807) is 0 Å². The molecule has 0 radical (unpaired) electrons. The van der Waals surface area contributed by atoms with Crippen molar-refractivity contribution in [3.8, 4) is 0 Å². The number of hydrogen-bond donors (Lipinski definition) is 1. The van der Waals surface area contributed by atoms with Crippen LogP contribution in [0.25, 0.3) is 0 Å². The molecule has 2 N–H and O–H groups in total. The van der Waals surface area contributed by atoms with Gasteiger partial charge in [0.2, 0.25) is 0 Å². The van der Waals surface area contributed by atoms with Crippen LogP contribution >= 0.6 is 0 Å². The highest BCUT2D eigenvalue weighted by molar-refractivity contribution is 5.23. The van der Waals surface area contributed by atoms with Crippen LogP contribution in [0.3, 0.4) is 0 Å². The van der Waals surface area contributed by atoms with Crippen LogP contribution < -0.4 is 5.73 Å². The lowest BCUT2D eigenvalue weighted by Gasteiger charge is -2.20. The molecule has 1 aromatic rings. The molecule has 3 heteroatoms. The lowest BCUT2D eigenvalue weighted by molar-refractivity contribution is 0.420. The van der Waals surface area contributed by atoms with E-state index in [1.807, 2.05) is 6.20 Å². The van der Waals surface area contributed by atoms with Gasteiger partial charge in [-0.2, -0.15) is 0 Å². The SMILES string of the molecule is CC1CCn2c(cnc2N)C1. The molecule has 3 nitrogen and oxygen atoms in total. The van der Waals surface area contributed by atoms with E-state index in [2.05, 4.69) is 16.5 Å². The lowest BCUT2D eigenvalue weighted by atomic mass is 9.99. The topological polar surface area (TPSA) is 43.8 Å². The van der Waals surface area contributed by atoms with Crippen LogP contribution in [-0.2, 0) is 13.0 Å². The molecule has 0 fully saturated rings. The predicted octanol–water partition coefficient (Wildman–Crippen LogP) is 1.05. The van der Waals surface area contributed by atoms with Gasteiger partial charge in [0.15, 0.2) is 5.95 Å². The molecule has 0 saturated carbocycles. The van der Waals surface area contributed by atoms with Crippen molar-refractivity contribution < 1.29 is 0 Å². The number of nitrogen functional groups attached to an aromatic ring is 1. The summed E-state index contributed by atoms with van der Waals surface area (Å²) < 4.78 is 2.11.